The largest absolute Gasteiger partial charge is 0.490 e. The summed E-state index contributed by atoms with van der Waals surface area (Å²) in [6.07, 6.45) is 8.62. The lowest BCUT2D eigenvalue weighted by molar-refractivity contribution is -0.143. The molecule has 3 N–H and O–H groups in total. The second-order valence-electron chi connectivity index (χ2n) is 13.8. The molecule has 258 valence electrons. The lowest BCUT2D eigenvalue weighted by Crippen LogP contribution is -2.53. The monoisotopic (exact) mass is 699 g/mol. The number of hydrogen-bond acceptors (Lipinski definition) is 8. The van der Waals surface area contributed by atoms with Gasteiger partial charge >= 0.3 is 11.9 Å². The Hall–Kier alpha value is -3.61. The van der Waals surface area contributed by atoms with Gasteiger partial charge in [0.2, 0.25) is 10.0 Å². The van der Waals surface area contributed by atoms with Gasteiger partial charge in [0.25, 0.3) is 5.91 Å². The molecular weight excluding hydrogens is 658 g/mol. The molecule has 11 nitrogen and oxygen atoms in total. The molecule has 6 rings (SSSR count). The molecule has 0 saturated heterocycles. The minimum absolute atomic E-state index is 0.0403. The number of halogens is 1. The fourth-order valence-corrected chi connectivity index (χ4v) is 9.19. The highest BCUT2D eigenvalue weighted by Gasteiger charge is 2.45. The number of anilines is 1. The van der Waals surface area contributed by atoms with Crippen LogP contribution in [0, 0.1) is 11.8 Å². The normalized spacial score (nSPS) is 29.0. The van der Waals surface area contributed by atoms with Crippen molar-refractivity contribution in [1.29, 1.82) is 0 Å². The summed E-state index contributed by atoms with van der Waals surface area (Å²) in [5, 5.41) is 19.2. The number of nitrogens with one attached hydrogen (secondary N) is 1. The van der Waals surface area contributed by atoms with Crippen LogP contribution in [0.4, 0.5) is 5.69 Å². The van der Waals surface area contributed by atoms with Crippen molar-refractivity contribution in [2.45, 2.75) is 68.6 Å². The molecule has 48 heavy (non-hydrogen) atoms. The van der Waals surface area contributed by atoms with E-state index < -0.39 is 52.3 Å². The van der Waals surface area contributed by atoms with Gasteiger partial charge in [0.1, 0.15) is 5.75 Å². The molecule has 1 amide bonds. The molecule has 4 aliphatic rings. The summed E-state index contributed by atoms with van der Waals surface area (Å²) in [4.78, 5) is 40.9. The number of carbonyl (C=O) groups is 3. The fourth-order valence-electron chi connectivity index (χ4n) is 7.97. The van der Waals surface area contributed by atoms with E-state index in [1.807, 2.05) is 24.3 Å². The zero-order valence-corrected chi connectivity index (χ0v) is 28.5. The average Bonchev–Trinajstić information content (AvgIpc) is 3.16. The average molecular weight is 700 g/mol. The van der Waals surface area contributed by atoms with Gasteiger partial charge in [0.15, 0.2) is 0 Å². The van der Waals surface area contributed by atoms with E-state index in [-0.39, 0.29) is 29.2 Å². The molecule has 13 heteroatoms. The molecule has 1 saturated carbocycles. The Bertz CT molecular complexity index is 1720. The van der Waals surface area contributed by atoms with Gasteiger partial charge in [-0.25, -0.2) is 13.1 Å². The zero-order valence-electron chi connectivity index (χ0n) is 26.9. The Kier molecular flexibility index (Phi) is 9.79. The van der Waals surface area contributed by atoms with Gasteiger partial charge in [0, 0.05) is 35.1 Å². The summed E-state index contributed by atoms with van der Waals surface area (Å²) in [6.45, 7) is 2.21. The molecule has 0 unspecified atom stereocenters. The van der Waals surface area contributed by atoms with Gasteiger partial charge in [-0.15, -0.1) is 0 Å². The molecule has 5 atom stereocenters. The number of aliphatic carboxylic acids is 2. The number of fused-ring (bicyclic) bond motifs is 4. The lowest BCUT2D eigenvalue weighted by atomic mass is 9.67. The number of rotatable bonds is 5. The predicted molar refractivity (Wildman–Crippen MR) is 181 cm³/mol. The van der Waals surface area contributed by atoms with E-state index in [1.165, 1.54) is 23.0 Å². The topological polar surface area (TPSA) is 154 Å². The number of nitrogens with zero attached hydrogens (tertiary/aromatic N) is 2. The Morgan fingerprint density at radius 2 is 1.88 bits per heavy atom. The standard InChI is InChI=1S/C35H42ClN3O8S/c1-22-5-2-3-7-29(38(18-32(40)41)19-33(42)43)27-11-8-25(27)17-39-20-35(14-4-6-23-15-26(36)10-12-28(23)35)21-47-31-13-9-24(16-30(31)39)34(44)37-48(22,45)46/h3,7,9-10,12-13,15-16,22,25,27,29H,2,4-6,8,11,14,17-21H2,1H3,(H,37,44)(H,40,41)(H,42,43)/b7-3+/t22-,25+,27-,29+,35+/m1/s1. The smallest absolute Gasteiger partial charge is 0.317 e. The van der Waals surface area contributed by atoms with Crippen LogP contribution >= 0.6 is 11.6 Å². The van der Waals surface area contributed by atoms with Crippen LogP contribution < -0.4 is 14.4 Å². The molecule has 2 heterocycles. The molecule has 0 radical (unpaired) electrons. The third-order valence-electron chi connectivity index (χ3n) is 10.6. The lowest BCUT2D eigenvalue weighted by Gasteiger charge is -2.48. The van der Waals surface area contributed by atoms with Crippen LogP contribution in [-0.4, -0.2) is 85.5 Å². The van der Waals surface area contributed by atoms with Crippen LogP contribution in [0.2, 0.25) is 5.02 Å². The predicted octanol–water partition coefficient (Wildman–Crippen LogP) is 4.48. The van der Waals surface area contributed by atoms with Crippen LogP contribution in [0.1, 0.15) is 66.9 Å². The van der Waals surface area contributed by atoms with E-state index in [4.69, 9.17) is 16.3 Å². The highest BCUT2D eigenvalue weighted by molar-refractivity contribution is 7.90. The van der Waals surface area contributed by atoms with Gasteiger partial charge in [-0.3, -0.25) is 19.3 Å². The second kappa shape index (κ2) is 13.7. The number of carboxylic acid groups (broad SMARTS) is 2. The van der Waals surface area contributed by atoms with Crippen molar-refractivity contribution < 1.29 is 37.8 Å². The second-order valence-corrected chi connectivity index (χ2v) is 16.3. The summed E-state index contributed by atoms with van der Waals surface area (Å²) in [5.41, 5.74) is 2.87. The number of carboxylic acids is 2. The van der Waals surface area contributed by atoms with Gasteiger partial charge < -0.3 is 19.8 Å². The van der Waals surface area contributed by atoms with Crippen LogP contribution in [0.5, 0.6) is 5.75 Å². The third kappa shape index (κ3) is 7.06. The van der Waals surface area contributed by atoms with Crippen molar-refractivity contribution >= 4 is 45.2 Å². The van der Waals surface area contributed by atoms with E-state index in [2.05, 4.69) is 15.7 Å². The molecule has 1 spiro atoms. The number of amides is 1. The Balaban J connectivity index is 1.44. The number of allylic oxidation sites excluding steroid dienone is 1. The van der Waals surface area contributed by atoms with E-state index in [9.17, 15) is 33.0 Å². The van der Waals surface area contributed by atoms with E-state index >= 15 is 0 Å². The van der Waals surface area contributed by atoms with Crippen LogP contribution in [0.3, 0.4) is 0 Å². The van der Waals surface area contributed by atoms with Crippen LogP contribution in [0.15, 0.2) is 48.6 Å². The first kappa shape index (κ1) is 34.3. The molecule has 2 aliphatic carbocycles. The van der Waals surface area contributed by atoms with Gasteiger partial charge in [0.05, 0.1) is 30.6 Å². The first-order valence-corrected chi connectivity index (χ1v) is 18.5. The Morgan fingerprint density at radius 1 is 1.10 bits per heavy atom. The summed E-state index contributed by atoms with van der Waals surface area (Å²) in [7, 11) is -4.01. The van der Waals surface area contributed by atoms with Gasteiger partial charge in [-0.2, -0.15) is 0 Å². The summed E-state index contributed by atoms with van der Waals surface area (Å²) in [5.74, 6) is -2.30. The van der Waals surface area contributed by atoms with Gasteiger partial charge in [-0.1, -0.05) is 29.8 Å². The zero-order chi connectivity index (χ0) is 34.2. The Labute approximate surface area is 285 Å². The van der Waals surface area contributed by atoms with Crippen molar-refractivity contribution in [2.24, 2.45) is 11.8 Å². The van der Waals surface area contributed by atoms with Crippen molar-refractivity contribution in [3.63, 3.8) is 0 Å². The van der Waals surface area contributed by atoms with Crippen molar-refractivity contribution in [2.75, 3.05) is 37.7 Å². The molecule has 1 fully saturated rings. The van der Waals surface area contributed by atoms with E-state index in [1.54, 1.807) is 18.2 Å². The number of carbonyl (C=O) groups excluding carboxylic acids is 1. The maximum atomic E-state index is 13.4. The van der Waals surface area contributed by atoms with Crippen LogP contribution in [0.25, 0.3) is 0 Å². The summed E-state index contributed by atoms with van der Waals surface area (Å²) in [6, 6.07) is 10.5. The van der Waals surface area contributed by atoms with Crippen molar-refractivity contribution in [1.82, 2.24) is 9.62 Å². The molecule has 2 aromatic rings. The number of benzene rings is 2. The molecule has 0 aromatic heterocycles. The molecule has 2 aromatic carbocycles. The summed E-state index contributed by atoms with van der Waals surface area (Å²) < 4.78 is 35.1. The minimum Gasteiger partial charge on any atom is -0.490 e. The maximum absolute atomic E-state index is 13.4. The number of ether oxygens (including phenoxy) is 1. The number of hydrogen-bond donors (Lipinski definition) is 3. The van der Waals surface area contributed by atoms with Gasteiger partial charge in [-0.05, 0) is 105 Å². The maximum Gasteiger partial charge on any atom is 0.317 e. The first-order valence-electron chi connectivity index (χ1n) is 16.6. The van der Waals surface area contributed by atoms with Crippen LogP contribution in [-0.2, 0) is 31.4 Å². The van der Waals surface area contributed by atoms with E-state index in [0.29, 0.717) is 42.6 Å². The number of aryl methyl sites for hydroxylation is 1. The first-order chi connectivity index (χ1) is 22.8. The quantitative estimate of drug-likeness (QED) is 0.381. The third-order valence-corrected chi connectivity index (χ3v) is 12.6. The fraction of sp³-hybridized carbons (Fsp3) is 0.514. The van der Waals surface area contributed by atoms with Crippen molar-refractivity contribution in [3.05, 3.63) is 70.3 Å². The number of sulfonamides is 1. The van der Waals surface area contributed by atoms with Crippen molar-refractivity contribution in [3.8, 4) is 5.75 Å². The SMILES string of the molecule is C[C@@H]1CC/C=C/[C@H](N(CC(=O)O)CC(=O)O)[C@@H]2CC[C@H]2CN2C[C@@]3(CCCc4cc(Cl)ccc43)COc3ccc(cc32)C(=O)NS1(=O)=O. The minimum atomic E-state index is -4.01. The molecule has 2 bridgehead atoms. The molecule has 2 aliphatic heterocycles. The molecular formula is C35H42ClN3O8S. The van der Waals surface area contributed by atoms with E-state index in [0.717, 1.165) is 32.1 Å². The Morgan fingerprint density at radius 3 is 2.58 bits per heavy atom. The highest BCUT2D eigenvalue weighted by atomic mass is 35.5. The highest BCUT2D eigenvalue weighted by Crippen LogP contribution is 2.47. The summed E-state index contributed by atoms with van der Waals surface area (Å²) >= 11 is 6.40.